The molecule has 37 heavy (non-hydrogen) atoms. The molecular weight excluding hydrogens is 456 g/mol. The second kappa shape index (κ2) is 13.6. The molecule has 4 N–H and O–H groups in total. The first-order valence-corrected chi connectivity index (χ1v) is 13.2. The van der Waals surface area contributed by atoms with E-state index < -0.39 is 0 Å². The van der Waals surface area contributed by atoms with Crippen LogP contribution < -0.4 is 16.4 Å². The van der Waals surface area contributed by atoms with Crippen LogP contribution in [0.3, 0.4) is 0 Å². The predicted molar refractivity (Wildman–Crippen MR) is 153 cm³/mol. The maximum atomic E-state index is 13.2. The number of benzene rings is 4. The molecule has 4 aromatic rings. The average molecular weight is 495 g/mol. The van der Waals surface area contributed by atoms with Crippen LogP contribution in [0.25, 0.3) is 10.8 Å². The molecule has 4 aromatic carbocycles. The summed E-state index contributed by atoms with van der Waals surface area (Å²) in [5, 5.41) is 9.06. The summed E-state index contributed by atoms with van der Waals surface area (Å²) in [5.41, 5.74) is 10.6. The molecule has 0 radical (unpaired) electrons. The summed E-state index contributed by atoms with van der Waals surface area (Å²) in [6.45, 7) is 5.59. The third-order valence-electron chi connectivity index (χ3n) is 6.74. The summed E-state index contributed by atoms with van der Waals surface area (Å²) in [6.07, 6.45) is 1.58. The van der Waals surface area contributed by atoms with Gasteiger partial charge < -0.3 is 21.3 Å². The summed E-state index contributed by atoms with van der Waals surface area (Å²) in [6, 6.07) is 33.5. The number of rotatable bonds is 12. The minimum atomic E-state index is -0.0957. The highest BCUT2D eigenvalue weighted by atomic mass is 16.2. The van der Waals surface area contributed by atoms with Crippen LogP contribution in [0.2, 0.25) is 0 Å². The van der Waals surface area contributed by atoms with E-state index in [4.69, 9.17) is 5.73 Å². The molecule has 0 bridgehead atoms. The molecule has 0 aromatic heterocycles. The van der Waals surface area contributed by atoms with E-state index in [-0.39, 0.29) is 12.1 Å². The molecule has 0 saturated heterocycles. The number of amides is 2. The second-order valence-corrected chi connectivity index (χ2v) is 9.52. The first kappa shape index (κ1) is 26.4. The summed E-state index contributed by atoms with van der Waals surface area (Å²) in [4.78, 5) is 15.1. The largest absolute Gasteiger partial charge is 0.331 e. The summed E-state index contributed by atoms with van der Waals surface area (Å²) >= 11 is 0. The van der Waals surface area contributed by atoms with E-state index >= 15 is 0 Å². The van der Waals surface area contributed by atoms with Crippen molar-refractivity contribution in [1.82, 2.24) is 15.5 Å². The van der Waals surface area contributed by atoms with Gasteiger partial charge in [0.05, 0.1) is 6.04 Å². The molecule has 0 aliphatic heterocycles. The van der Waals surface area contributed by atoms with Gasteiger partial charge in [0.2, 0.25) is 0 Å². The Balaban J connectivity index is 1.31. The number of nitrogens with two attached hydrogens (primary N) is 1. The monoisotopic (exact) mass is 494 g/mol. The Hall–Kier alpha value is -3.67. The van der Waals surface area contributed by atoms with E-state index in [0.29, 0.717) is 19.6 Å². The molecule has 5 nitrogen and oxygen atoms in total. The molecule has 2 amide bonds. The van der Waals surface area contributed by atoms with Gasteiger partial charge in [0.1, 0.15) is 0 Å². The molecule has 5 heteroatoms. The minimum Gasteiger partial charge on any atom is -0.331 e. The van der Waals surface area contributed by atoms with Crippen molar-refractivity contribution >= 4 is 16.8 Å². The van der Waals surface area contributed by atoms with Gasteiger partial charge in [0.25, 0.3) is 0 Å². The summed E-state index contributed by atoms with van der Waals surface area (Å²) < 4.78 is 0. The Morgan fingerprint density at radius 1 is 0.784 bits per heavy atom. The van der Waals surface area contributed by atoms with Crippen molar-refractivity contribution < 1.29 is 4.79 Å². The van der Waals surface area contributed by atoms with Crippen LogP contribution in [0, 0.1) is 0 Å². The second-order valence-electron chi connectivity index (χ2n) is 9.52. The van der Waals surface area contributed by atoms with E-state index in [1.165, 1.54) is 27.5 Å². The Morgan fingerprint density at radius 2 is 1.43 bits per heavy atom. The van der Waals surface area contributed by atoms with E-state index in [2.05, 4.69) is 83.4 Å². The lowest BCUT2D eigenvalue weighted by Gasteiger charge is -2.26. The first-order chi connectivity index (χ1) is 18.1. The number of fused-ring (bicyclic) bond motifs is 1. The highest BCUT2D eigenvalue weighted by Gasteiger charge is 2.17. The first-order valence-electron chi connectivity index (χ1n) is 13.2. The SMILES string of the molecule is CC(NC(=O)N(CCCN)CCc1ccc(CNCc2ccccc2)cc1)c1cccc2ccccc12. The van der Waals surface area contributed by atoms with Crippen molar-refractivity contribution in [2.45, 2.75) is 38.9 Å². The van der Waals surface area contributed by atoms with Crippen molar-refractivity contribution in [3.8, 4) is 0 Å². The number of hydrogen-bond donors (Lipinski definition) is 3. The standard InChI is InChI=1S/C32H38N4O/c1-25(30-14-7-12-29-11-5-6-13-31(29)30)35-32(37)36(21-8-20-33)22-19-26-15-17-28(18-16-26)24-34-23-27-9-3-2-4-10-27/h2-7,9-18,25,34H,8,19-24,33H2,1H3,(H,35,37). The lowest BCUT2D eigenvalue weighted by molar-refractivity contribution is 0.195. The van der Waals surface area contributed by atoms with Crippen LogP contribution in [0.15, 0.2) is 97.1 Å². The van der Waals surface area contributed by atoms with Crippen LogP contribution in [0.1, 0.15) is 41.6 Å². The van der Waals surface area contributed by atoms with Gasteiger partial charge in [0, 0.05) is 26.2 Å². The maximum Gasteiger partial charge on any atom is 0.317 e. The van der Waals surface area contributed by atoms with E-state index in [1.807, 2.05) is 36.1 Å². The van der Waals surface area contributed by atoms with Gasteiger partial charge in [-0.3, -0.25) is 0 Å². The van der Waals surface area contributed by atoms with Crippen molar-refractivity contribution in [3.63, 3.8) is 0 Å². The Labute approximate surface area is 220 Å². The molecule has 0 aliphatic rings. The van der Waals surface area contributed by atoms with E-state index in [0.717, 1.165) is 31.5 Å². The lowest BCUT2D eigenvalue weighted by atomic mass is 10.00. The molecular formula is C32H38N4O. The maximum absolute atomic E-state index is 13.2. The molecule has 0 aliphatic carbocycles. The topological polar surface area (TPSA) is 70.4 Å². The predicted octanol–water partition coefficient (Wildman–Crippen LogP) is 5.79. The number of nitrogens with one attached hydrogen (secondary N) is 2. The number of hydrogen-bond acceptors (Lipinski definition) is 3. The molecule has 0 spiro atoms. The van der Waals surface area contributed by atoms with Crippen molar-refractivity contribution in [2.24, 2.45) is 5.73 Å². The van der Waals surface area contributed by atoms with Crippen molar-refractivity contribution in [2.75, 3.05) is 19.6 Å². The highest BCUT2D eigenvalue weighted by Crippen LogP contribution is 2.24. The third-order valence-corrected chi connectivity index (χ3v) is 6.74. The fourth-order valence-electron chi connectivity index (χ4n) is 4.61. The zero-order valence-electron chi connectivity index (χ0n) is 21.7. The van der Waals surface area contributed by atoms with E-state index in [1.54, 1.807) is 0 Å². The average Bonchev–Trinajstić information content (AvgIpc) is 2.94. The fraction of sp³-hybridized carbons (Fsp3) is 0.281. The van der Waals surface area contributed by atoms with Crippen LogP contribution in [0.4, 0.5) is 4.79 Å². The number of carbonyl (C=O) groups excluding carboxylic acids is 1. The van der Waals surface area contributed by atoms with Crippen molar-refractivity contribution in [3.05, 3.63) is 119 Å². The smallest absolute Gasteiger partial charge is 0.317 e. The third kappa shape index (κ3) is 7.66. The Morgan fingerprint density at radius 3 is 2.19 bits per heavy atom. The molecule has 192 valence electrons. The minimum absolute atomic E-state index is 0.0457. The van der Waals surface area contributed by atoms with Gasteiger partial charge in [-0.15, -0.1) is 0 Å². The van der Waals surface area contributed by atoms with Gasteiger partial charge in [-0.05, 0) is 59.3 Å². The molecule has 0 saturated carbocycles. The van der Waals surface area contributed by atoms with Gasteiger partial charge in [-0.1, -0.05) is 97.1 Å². The normalized spacial score (nSPS) is 11.8. The van der Waals surface area contributed by atoms with E-state index in [9.17, 15) is 4.79 Å². The molecule has 0 fully saturated rings. The molecule has 1 unspecified atom stereocenters. The van der Waals surface area contributed by atoms with Gasteiger partial charge in [-0.2, -0.15) is 0 Å². The number of nitrogens with zero attached hydrogens (tertiary/aromatic N) is 1. The lowest BCUT2D eigenvalue weighted by Crippen LogP contribution is -2.43. The summed E-state index contributed by atoms with van der Waals surface area (Å²) in [7, 11) is 0. The van der Waals surface area contributed by atoms with Crippen molar-refractivity contribution in [1.29, 1.82) is 0 Å². The highest BCUT2D eigenvalue weighted by molar-refractivity contribution is 5.86. The van der Waals surface area contributed by atoms with Crippen LogP contribution in [0.5, 0.6) is 0 Å². The quantitative estimate of drug-likeness (QED) is 0.233. The molecule has 4 rings (SSSR count). The fourth-order valence-corrected chi connectivity index (χ4v) is 4.61. The molecule has 0 heterocycles. The Kier molecular flexibility index (Phi) is 9.69. The van der Waals surface area contributed by atoms with Gasteiger partial charge in [0.15, 0.2) is 0 Å². The van der Waals surface area contributed by atoms with Crippen LogP contribution in [-0.2, 0) is 19.5 Å². The number of carbonyl (C=O) groups is 1. The number of urea groups is 1. The molecule has 1 atom stereocenters. The van der Waals surface area contributed by atoms with Gasteiger partial charge >= 0.3 is 6.03 Å². The zero-order valence-corrected chi connectivity index (χ0v) is 21.7. The van der Waals surface area contributed by atoms with Gasteiger partial charge in [-0.25, -0.2) is 4.79 Å². The van der Waals surface area contributed by atoms with Crippen LogP contribution >= 0.6 is 0 Å². The zero-order chi connectivity index (χ0) is 25.9. The summed E-state index contributed by atoms with van der Waals surface area (Å²) in [5.74, 6) is 0. The Bertz CT molecular complexity index is 1250. The van der Waals surface area contributed by atoms with Crippen LogP contribution in [-0.4, -0.2) is 30.6 Å².